The van der Waals surface area contributed by atoms with E-state index >= 15 is 0 Å². The second-order valence-electron chi connectivity index (χ2n) is 7.05. The van der Waals surface area contributed by atoms with Crippen LogP contribution in [0, 0.1) is 0 Å². The molecular weight excluding hydrogens is 322 g/mol. The van der Waals surface area contributed by atoms with Gasteiger partial charge < -0.3 is 9.68 Å². The highest BCUT2D eigenvalue weighted by Crippen LogP contribution is 2.23. The Bertz CT molecular complexity index is 477. The lowest BCUT2D eigenvalue weighted by atomic mass is 9.98. The highest BCUT2D eigenvalue weighted by Gasteiger charge is 2.27. The molecule has 0 aromatic carbocycles. The van der Waals surface area contributed by atoms with Gasteiger partial charge in [-0.2, -0.15) is 0 Å². The number of oxime groups is 2. The molecule has 7 nitrogen and oxygen atoms in total. The van der Waals surface area contributed by atoms with E-state index in [-0.39, 0.29) is 24.1 Å². The summed E-state index contributed by atoms with van der Waals surface area (Å²) in [6, 6.07) is -0.0511. The van der Waals surface area contributed by atoms with E-state index in [1.807, 2.05) is 0 Å². The van der Waals surface area contributed by atoms with E-state index in [2.05, 4.69) is 10.3 Å². The molecule has 2 aliphatic rings. The quantitative estimate of drug-likeness (QED) is 0.423. The molecule has 0 spiro atoms. The molecule has 2 aliphatic carbocycles. The number of rotatable bonds is 5. The molecule has 0 N–H and O–H groups in total. The average Bonchev–Trinajstić information content (AvgIpc) is 2.61. The third kappa shape index (κ3) is 7.02. The van der Waals surface area contributed by atoms with Gasteiger partial charge in [-0.05, 0) is 57.5 Å². The number of amidine groups is 1. The summed E-state index contributed by atoms with van der Waals surface area (Å²) in [7, 11) is 0. The van der Waals surface area contributed by atoms with Crippen LogP contribution in [0.15, 0.2) is 10.3 Å². The van der Waals surface area contributed by atoms with Gasteiger partial charge in [0.15, 0.2) is 0 Å². The molecule has 2 fully saturated rings. The smallest absolute Gasteiger partial charge is 0.385 e. The van der Waals surface area contributed by atoms with Crippen LogP contribution in [0.3, 0.4) is 0 Å². The minimum Gasteiger partial charge on any atom is -0.388 e. The molecule has 2 saturated carbocycles. The van der Waals surface area contributed by atoms with Crippen molar-refractivity contribution in [1.82, 2.24) is 5.06 Å². The van der Waals surface area contributed by atoms with Crippen molar-refractivity contribution in [1.29, 1.82) is 0 Å². The zero-order chi connectivity index (χ0) is 18.1. The van der Waals surface area contributed by atoms with E-state index < -0.39 is 0 Å². The van der Waals surface area contributed by atoms with E-state index in [1.165, 1.54) is 19.8 Å². The predicted molar refractivity (Wildman–Crippen MR) is 95.7 cm³/mol. The van der Waals surface area contributed by atoms with Gasteiger partial charge in [-0.25, -0.2) is 0 Å². The topological polar surface area (TPSA) is 72.7 Å². The minimum absolute atomic E-state index is 0.00664. The fourth-order valence-electron chi connectivity index (χ4n) is 3.09. The highest BCUT2D eigenvalue weighted by molar-refractivity contribution is 5.91. The van der Waals surface area contributed by atoms with Crippen molar-refractivity contribution in [3.05, 3.63) is 0 Å². The maximum absolute atomic E-state index is 12.1. The molecule has 25 heavy (non-hydrogen) atoms. The number of amides is 1. The van der Waals surface area contributed by atoms with E-state index in [0.29, 0.717) is 5.71 Å². The van der Waals surface area contributed by atoms with Gasteiger partial charge in [0.2, 0.25) is 0 Å². The number of hydroxylamine groups is 2. The Kier molecular flexibility index (Phi) is 8.18. The summed E-state index contributed by atoms with van der Waals surface area (Å²) in [5, 5.41) is 9.08. The second-order valence-corrected chi connectivity index (χ2v) is 7.05. The molecule has 0 radical (unpaired) electrons. The first kappa shape index (κ1) is 19.7. The van der Waals surface area contributed by atoms with E-state index in [1.54, 1.807) is 13.8 Å². The fourth-order valence-corrected chi connectivity index (χ4v) is 3.09. The molecule has 142 valence electrons. The summed E-state index contributed by atoms with van der Waals surface area (Å²) >= 11 is 0. The normalized spacial score (nSPS) is 20.0. The molecule has 0 aliphatic heterocycles. The van der Waals surface area contributed by atoms with Crippen molar-refractivity contribution in [2.75, 3.05) is 0 Å². The fraction of sp³-hybridized carbons (Fsp3) is 0.833. The molecule has 0 aromatic heterocycles. The summed E-state index contributed by atoms with van der Waals surface area (Å²) < 4.78 is 0. The summed E-state index contributed by atoms with van der Waals surface area (Å²) in [6.45, 7) is 5.03. The van der Waals surface area contributed by atoms with Gasteiger partial charge in [0.25, 0.3) is 5.91 Å². The maximum atomic E-state index is 12.1. The zero-order valence-electron chi connectivity index (χ0n) is 15.7. The SMILES string of the molecule is CC(=O)N(OC1CCCCC1)C(=NOC1CCCCC1)ON=C(C)C. The van der Waals surface area contributed by atoms with Gasteiger partial charge >= 0.3 is 6.02 Å². The maximum Gasteiger partial charge on any atom is 0.385 e. The molecule has 0 aromatic rings. The standard InChI is InChI=1S/C18H31N3O4/c1-14(2)19-24-18(20-23-16-10-6-4-7-11-16)21(15(3)22)25-17-12-8-5-9-13-17/h16-17H,4-13H2,1-3H3. The van der Waals surface area contributed by atoms with Crippen LogP contribution in [-0.4, -0.2) is 34.9 Å². The Morgan fingerprint density at radius 2 is 1.40 bits per heavy atom. The second kappa shape index (κ2) is 10.4. The number of nitrogens with zero attached hydrogens (tertiary/aromatic N) is 3. The first-order chi connectivity index (χ1) is 12.1. The monoisotopic (exact) mass is 353 g/mol. The predicted octanol–water partition coefficient (Wildman–Crippen LogP) is 4.13. The zero-order valence-corrected chi connectivity index (χ0v) is 15.7. The number of carbonyl (C=O) groups excluding carboxylic acids is 1. The lowest BCUT2D eigenvalue weighted by molar-refractivity contribution is -0.188. The lowest BCUT2D eigenvalue weighted by Crippen LogP contribution is -2.40. The van der Waals surface area contributed by atoms with E-state index in [0.717, 1.165) is 56.4 Å². The molecule has 0 atom stereocenters. The van der Waals surface area contributed by atoms with Crippen molar-refractivity contribution < 1.29 is 19.3 Å². The summed E-state index contributed by atoms with van der Waals surface area (Å²) in [5.41, 5.74) is 0.714. The summed E-state index contributed by atoms with van der Waals surface area (Å²) in [4.78, 5) is 28.9. The highest BCUT2D eigenvalue weighted by atomic mass is 16.8. The largest absolute Gasteiger partial charge is 0.388 e. The van der Waals surface area contributed by atoms with Crippen LogP contribution in [0.25, 0.3) is 0 Å². The van der Waals surface area contributed by atoms with Gasteiger partial charge in [0.05, 0.1) is 11.8 Å². The van der Waals surface area contributed by atoms with Crippen molar-refractivity contribution in [2.45, 2.75) is 97.2 Å². The third-order valence-electron chi connectivity index (χ3n) is 4.41. The Balaban J connectivity index is 2.07. The lowest BCUT2D eigenvalue weighted by Gasteiger charge is -2.28. The summed E-state index contributed by atoms with van der Waals surface area (Å²) in [6.07, 6.45) is 10.8. The number of carbonyl (C=O) groups is 1. The first-order valence-corrected chi connectivity index (χ1v) is 9.45. The average molecular weight is 353 g/mol. The Hall–Kier alpha value is -1.63. The van der Waals surface area contributed by atoms with Crippen LogP contribution in [0.1, 0.15) is 85.0 Å². The molecule has 7 heteroatoms. The van der Waals surface area contributed by atoms with Gasteiger partial charge in [-0.3, -0.25) is 9.63 Å². The van der Waals surface area contributed by atoms with E-state index in [4.69, 9.17) is 14.5 Å². The van der Waals surface area contributed by atoms with Crippen LogP contribution in [0.2, 0.25) is 0 Å². The first-order valence-electron chi connectivity index (χ1n) is 9.45. The van der Waals surface area contributed by atoms with Crippen LogP contribution in [-0.2, 0) is 19.3 Å². The number of hydrogen-bond acceptors (Lipinski definition) is 6. The number of hydrogen-bond donors (Lipinski definition) is 0. The Morgan fingerprint density at radius 3 is 1.92 bits per heavy atom. The third-order valence-corrected chi connectivity index (χ3v) is 4.41. The van der Waals surface area contributed by atoms with Crippen molar-refractivity contribution in [3.8, 4) is 0 Å². The van der Waals surface area contributed by atoms with Crippen molar-refractivity contribution >= 4 is 17.6 Å². The molecule has 0 saturated heterocycles. The van der Waals surface area contributed by atoms with E-state index in [9.17, 15) is 4.79 Å². The molecule has 1 amide bonds. The van der Waals surface area contributed by atoms with Gasteiger partial charge in [-0.15, -0.1) is 5.06 Å². The van der Waals surface area contributed by atoms with Gasteiger partial charge in [-0.1, -0.05) is 30.8 Å². The molecule has 0 bridgehead atoms. The van der Waals surface area contributed by atoms with Crippen LogP contribution in [0.5, 0.6) is 0 Å². The molecule has 2 rings (SSSR count). The van der Waals surface area contributed by atoms with Crippen LogP contribution >= 0.6 is 0 Å². The van der Waals surface area contributed by atoms with Crippen LogP contribution in [0.4, 0.5) is 0 Å². The molecule has 0 heterocycles. The summed E-state index contributed by atoms with van der Waals surface area (Å²) in [5.74, 6) is -0.305. The van der Waals surface area contributed by atoms with Crippen molar-refractivity contribution in [2.24, 2.45) is 10.3 Å². The molecular formula is C18H31N3O4. The van der Waals surface area contributed by atoms with Gasteiger partial charge in [0, 0.05) is 6.92 Å². The Morgan fingerprint density at radius 1 is 0.840 bits per heavy atom. The Labute approximate surface area is 150 Å². The minimum atomic E-state index is -0.305. The van der Waals surface area contributed by atoms with Gasteiger partial charge in [0.1, 0.15) is 6.10 Å². The van der Waals surface area contributed by atoms with Crippen LogP contribution < -0.4 is 0 Å². The molecule has 0 unspecified atom stereocenters. The van der Waals surface area contributed by atoms with Crippen molar-refractivity contribution in [3.63, 3.8) is 0 Å².